The van der Waals surface area contributed by atoms with Gasteiger partial charge in [0.05, 0.1) is 7.11 Å². The Morgan fingerprint density at radius 2 is 1.65 bits per heavy atom. The highest BCUT2D eigenvalue weighted by molar-refractivity contribution is 5.99. The fourth-order valence-corrected chi connectivity index (χ4v) is 3.68. The molecule has 0 fully saturated rings. The van der Waals surface area contributed by atoms with E-state index in [2.05, 4.69) is 56.3 Å². The molecule has 0 spiro atoms. The van der Waals surface area contributed by atoms with Gasteiger partial charge >= 0.3 is 0 Å². The highest BCUT2D eigenvalue weighted by Gasteiger charge is 2.19. The van der Waals surface area contributed by atoms with Crippen molar-refractivity contribution in [3.63, 3.8) is 0 Å². The van der Waals surface area contributed by atoms with Crippen LogP contribution in [0.2, 0.25) is 0 Å². The average Bonchev–Trinajstić information content (AvgIpc) is 2.97. The molecule has 0 bridgehead atoms. The van der Waals surface area contributed by atoms with Gasteiger partial charge in [-0.3, -0.25) is 0 Å². The van der Waals surface area contributed by atoms with Gasteiger partial charge in [-0.15, -0.1) is 0 Å². The van der Waals surface area contributed by atoms with Crippen LogP contribution in [-0.4, -0.2) is 7.11 Å². The molecule has 1 nitrogen and oxygen atoms in total. The Balaban J connectivity index is 2.11. The van der Waals surface area contributed by atoms with E-state index < -0.39 is 0 Å². The van der Waals surface area contributed by atoms with E-state index in [0.717, 1.165) is 12.2 Å². The van der Waals surface area contributed by atoms with Crippen molar-refractivity contribution in [1.29, 1.82) is 0 Å². The number of hydrogen-bond donors (Lipinski definition) is 0. The zero-order chi connectivity index (χ0) is 16.2. The third-order valence-electron chi connectivity index (χ3n) is 4.69. The van der Waals surface area contributed by atoms with E-state index in [1.807, 2.05) is 0 Å². The Labute approximate surface area is 139 Å². The first-order valence-electron chi connectivity index (χ1n) is 8.76. The largest absolute Gasteiger partial charge is 0.496 e. The molecule has 0 unspecified atom stereocenters. The third-order valence-corrected chi connectivity index (χ3v) is 4.69. The first kappa shape index (κ1) is 15.9. The maximum absolute atomic E-state index is 5.55. The predicted molar refractivity (Wildman–Crippen MR) is 99.9 cm³/mol. The maximum Gasteiger partial charge on any atom is 0.126 e. The van der Waals surface area contributed by atoms with Gasteiger partial charge in [0.15, 0.2) is 0 Å². The van der Waals surface area contributed by atoms with Crippen molar-refractivity contribution in [2.45, 2.75) is 46.0 Å². The zero-order valence-electron chi connectivity index (χ0n) is 14.5. The molecule has 0 saturated carbocycles. The highest BCUT2D eigenvalue weighted by Crippen LogP contribution is 2.41. The molecule has 0 radical (unpaired) electrons. The van der Waals surface area contributed by atoms with Gasteiger partial charge in [-0.2, -0.15) is 0 Å². The van der Waals surface area contributed by atoms with E-state index in [1.165, 1.54) is 53.2 Å². The molecule has 2 aromatic rings. The van der Waals surface area contributed by atoms with Crippen LogP contribution in [0, 0.1) is 0 Å². The zero-order valence-corrected chi connectivity index (χ0v) is 14.5. The first-order valence-corrected chi connectivity index (χ1v) is 8.76. The second kappa shape index (κ2) is 7.04. The van der Waals surface area contributed by atoms with Gasteiger partial charge in [0, 0.05) is 5.39 Å². The van der Waals surface area contributed by atoms with Crippen LogP contribution in [0.3, 0.4) is 0 Å². The number of hydrogen-bond acceptors (Lipinski definition) is 1. The van der Waals surface area contributed by atoms with Gasteiger partial charge in [0.25, 0.3) is 0 Å². The van der Waals surface area contributed by atoms with Crippen LogP contribution >= 0.6 is 0 Å². The Kier molecular flexibility index (Phi) is 4.85. The molecular formula is C22H26O. The molecule has 0 heterocycles. The molecule has 0 aromatic heterocycles. The van der Waals surface area contributed by atoms with Gasteiger partial charge in [-0.25, -0.2) is 0 Å². The monoisotopic (exact) mass is 306 g/mol. The summed E-state index contributed by atoms with van der Waals surface area (Å²) < 4.78 is 5.55. The summed E-state index contributed by atoms with van der Waals surface area (Å²) in [6.07, 6.45) is 8.37. The molecule has 2 aromatic carbocycles. The molecule has 120 valence electrons. The van der Waals surface area contributed by atoms with Crippen molar-refractivity contribution in [2.24, 2.45) is 0 Å². The normalized spacial score (nSPS) is 14.5. The average molecular weight is 306 g/mol. The molecular weight excluding hydrogens is 280 g/mol. The van der Waals surface area contributed by atoms with Crippen LogP contribution < -0.4 is 4.74 Å². The fraction of sp³-hybridized carbons (Fsp3) is 0.364. The van der Waals surface area contributed by atoms with Crippen LogP contribution in [-0.2, 0) is 0 Å². The van der Waals surface area contributed by atoms with Crippen molar-refractivity contribution in [1.82, 2.24) is 0 Å². The molecule has 23 heavy (non-hydrogen) atoms. The molecule has 0 amide bonds. The van der Waals surface area contributed by atoms with Crippen LogP contribution in [0.15, 0.2) is 53.6 Å². The van der Waals surface area contributed by atoms with E-state index >= 15 is 0 Å². The third kappa shape index (κ3) is 3.06. The van der Waals surface area contributed by atoms with Gasteiger partial charge in [0.1, 0.15) is 5.75 Å². The Bertz CT molecular complexity index is 765. The van der Waals surface area contributed by atoms with Crippen molar-refractivity contribution >= 4 is 16.3 Å². The van der Waals surface area contributed by atoms with E-state index in [-0.39, 0.29) is 0 Å². The minimum absolute atomic E-state index is 0.960. The number of methoxy groups -OCH3 is 1. The number of fused-ring (bicyclic) bond motifs is 1. The second-order valence-electron chi connectivity index (χ2n) is 6.34. The minimum Gasteiger partial charge on any atom is -0.496 e. The Hall–Kier alpha value is -2.02. The van der Waals surface area contributed by atoms with Gasteiger partial charge in [0.2, 0.25) is 0 Å². The molecule has 3 rings (SSSR count). The molecule has 0 N–H and O–H groups in total. The first-order chi connectivity index (χ1) is 11.3. The van der Waals surface area contributed by atoms with Gasteiger partial charge in [-0.05, 0) is 47.4 Å². The lowest BCUT2D eigenvalue weighted by Crippen LogP contribution is -1.92. The summed E-state index contributed by atoms with van der Waals surface area (Å²) in [4.78, 5) is 0. The quantitative estimate of drug-likeness (QED) is 0.589. The maximum atomic E-state index is 5.55. The molecule has 0 atom stereocenters. The molecule has 0 saturated heterocycles. The van der Waals surface area contributed by atoms with Crippen molar-refractivity contribution in [3.8, 4) is 5.75 Å². The lowest BCUT2D eigenvalue weighted by atomic mass is 9.92. The minimum atomic E-state index is 0.960. The van der Waals surface area contributed by atoms with E-state index in [4.69, 9.17) is 4.74 Å². The van der Waals surface area contributed by atoms with E-state index in [0.29, 0.717) is 0 Å². The smallest absolute Gasteiger partial charge is 0.126 e. The van der Waals surface area contributed by atoms with E-state index in [1.54, 1.807) is 12.7 Å². The van der Waals surface area contributed by atoms with Crippen LogP contribution in [0.5, 0.6) is 5.75 Å². The van der Waals surface area contributed by atoms with Crippen LogP contribution in [0.4, 0.5) is 0 Å². The summed E-state index contributed by atoms with van der Waals surface area (Å²) in [6, 6.07) is 13.0. The highest BCUT2D eigenvalue weighted by atomic mass is 16.5. The van der Waals surface area contributed by atoms with E-state index in [9.17, 15) is 0 Å². The van der Waals surface area contributed by atoms with Crippen molar-refractivity contribution in [2.75, 3.05) is 7.11 Å². The summed E-state index contributed by atoms with van der Waals surface area (Å²) >= 11 is 0. The molecule has 1 aliphatic rings. The van der Waals surface area contributed by atoms with Crippen LogP contribution in [0.1, 0.15) is 51.5 Å². The lowest BCUT2D eigenvalue weighted by molar-refractivity contribution is 0.420. The van der Waals surface area contributed by atoms with Gasteiger partial charge < -0.3 is 4.74 Å². The summed E-state index contributed by atoms with van der Waals surface area (Å²) in [6.45, 7) is 4.53. The predicted octanol–water partition coefficient (Wildman–Crippen LogP) is 6.53. The summed E-state index contributed by atoms with van der Waals surface area (Å²) in [5.41, 5.74) is 6.03. The summed E-state index contributed by atoms with van der Waals surface area (Å²) in [5, 5.41) is 2.52. The Morgan fingerprint density at radius 1 is 0.913 bits per heavy atom. The number of rotatable bonds is 6. The standard InChI is InChI=1S/C22H26O/c1-4-8-16-14-17(9-5-2)21(15-16)19-12-13-22(23-3)20-11-7-6-10-18(19)20/h6-7,10-14H,4-5,8-9,15H2,1-3H3. The second-order valence-corrected chi connectivity index (χ2v) is 6.34. The van der Waals surface area contributed by atoms with Crippen LogP contribution in [0.25, 0.3) is 16.3 Å². The number of ether oxygens (including phenoxy) is 1. The summed E-state index contributed by atoms with van der Waals surface area (Å²) in [7, 11) is 1.75. The number of benzene rings is 2. The lowest BCUT2D eigenvalue weighted by Gasteiger charge is -2.14. The SMILES string of the molecule is CCCC1=CC(CCC)=C(c2ccc(OC)c3ccccc23)C1. The topological polar surface area (TPSA) is 9.23 Å². The van der Waals surface area contributed by atoms with Crippen molar-refractivity contribution in [3.05, 3.63) is 59.2 Å². The molecule has 0 aliphatic heterocycles. The molecule has 1 heteroatoms. The molecule has 1 aliphatic carbocycles. The number of allylic oxidation sites excluding steroid dienone is 4. The van der Waals surface area contributed by atoms with Gasteiger partial charge in [-0.1, -0.05) is 68.7 Å². The Morgan fingerprint density at radius 3 is 2.35 bits per heavy atom. The van der Waals surface area contributed by atoms with Crippen molar-refractivity contribution < 1.29 is 4.74 Å². The summed E-state index contributed by atoms with van der Waals surface area (Å²) in [5.74, 6) is 0.960. The fourth-order valence-electron chi connectivity index (χ4n) is 3.68.